The summed E-state index contributed by atoms with van der Waals surface area (Å²) in [7, 11) is 0. The molecule has 0 bridgehead atoms. The molecule has 2 aliphatic rings. The van der Waals surface area contributed by atoms with E-state index in [1.807, 2.05) is 36.4 Å². The molecular formula is C72H44N4. The predicted octanol–water partition coefficient (Wildman–Crippen LogP) is 18.8. The van der Waals surface area contributed by atoms with Crippen molar-refractivity contribution >= 4 is 53.9 Å². The number of rotatable bonds is 4. The summed E-state index contributed by atoms with van der Waals surface area (Å²) in [6, 6.07) is 66.1. The Hall–Kier alpha value is -10.1. The Balaban J connectivity index is 1.08. The van der Waals surface area contributed by atoms with Crippen molar-refractivity contribution in [3.8, 4) is 113 Å². The van der Waals surface area contributed by atoms with Gasteiger partial charge in [-0.05, 0) is 278 Å². The lowest BCUT2D eigenvalue weighted by Gasteiger charge is -2.21. The maximum atomic E-state index is 10.4. The van der Waals surface area contributed by atoms with Crippen molar-refractivity contribution in [1.29, 1.82) is 21.0 Å². The number of hydrogen-bond acceptors (Lipinski definition) is 4. The standard InChI is InChI=1S/C72H44N4/c1-37-13-15-43(33-73)29-59(37)69-55-19-17-48-47(61(55)31-63-51-11-7-9-49-53(21-23-57(67(49)51)71(63)69)65-39(3)25-45(35-75)26-40(65)4)18-20-56-62(48)32-64-52-12-8-10-50-54(66-41(5)27-46(36-76)28-42(66)6)22-24-58(68(50)52)72(64)70(56)60-30-44(34-74)16-14-38(60)2/h7-32H,1-6H3. The van der Waals surface area contributed by atoms with Crippen LogP contribution < -0.4 is 0 Å². The van der Waals surface area contributed by atoms with E-state index in [1.54, 1.807) is 0 Å². The molecule has 4 heteroatoms. The van der Waals surface area contributed by atoms with Gasteiger partial charge in [0.2, 0.25) is 0 Å². The van der Waals surface area contributed by atoms with Gasteiger partial charge in [-0.3, -0.25) is 0 Å². The highest BCUT2D eigenvalue weighted by atomic mass is 14.4. The summed E-state index contributed by atoms with van der Waals surface area (Å²) in [5, 5.41) is 51.9. The highest BCUT2D eigenvalue weighted by Crippen LogP contribution is 2.59. The Bertz CT molecular complexity index is 4560. The van der Waals surface area contributed by atoms with E-state index in [9.17, 15) is 21.0 Å². The van der Waals surface area contributed by atoms with Crippen molar-refractivity contribution in [3.05, 3.63) is 213 Å². The van der Waals surface area contributed by atoms with Gasteiger partial charge in [0, 0.05) is 0 Å². The van der Waals surface area contributed by atoms with Gasteiger partial charge >= 0.3 is 0 Å². The second-order valence-corrected chi connectivity index (χ2v) is 21.0. The van der Waals surface area contributed by atoms with Crippen LogP contribution in [-0.2, 0) is 0 Å². The molecule has 0 atom stereocenters. The minimum atomic E-state index is 0.614. The maximum Gasteiger partial charge on any atom is 0.0991 e. The first kappa shape index (κ1) is 44.6. The fourth-order valence-corrected chi connectivity index (χ4v) is 13.7. The SMILES string of the molecule is Cc1ccc(C#N)cc1-c1c2c(cc3c1ccc1c4cc5c(c(-c6cc(C#N)ccc6C)c4ccc31)-c1ccc(-c3c(C)cc(C#N)cc3C)c3cccc-5c13)-c1cccc3c(-c4c(C)cc(C#N)cc4C)ccc-2c13. The Labute approximate surface area is 440 Å². The average molecular weight is 965 g/mol. The lowest BCUT2D eigenvalue weighted by molar-refractivity contribution is 1.35. The third kappa shape index (κ3) is 6.08. The Morgan fingerprint density at radius 1 is 0.224 bits per heavy atom. The van der Waals surface area contributed by atoms with Gasteiger partial charge in [0.25, 0.3) is 0 Å². The van der Waals surface area contributed by atoms with Gasteiger partial charge in [-0.1, -0.05) is 97.1 Å². The van der Waals surface area contributed by atoms with Crippen molar-refractivity contribution in [2.75, 3.05) is 0 Å². The Kier molecular flexibility index (Phi) is 9.50. The summed E-state index contributed by atoms with van der Waals surface area (Å²) in [6.45, 7) is 12.7. The van der Waals surface area contributed by atoms with E-state index >= 15 is 0 Å². The highest BCUT2D eigenvalue weighted by Gasteiger charge is 2.32. The van der Waals surface area contributed by atoms with Crippen LogP contribution in [0.1, 0.15) is 55.6 Å². The summed E-state index contributed by atoms with van der Waals surface area (Å²) in [6.07, 6.45) is 0. The van der Waals surface area contributed by atoms with Crippen molar-refractivity contribution in [2.45, 2.75) is 41.5 Å². The van der Waals surface area contributed by atoms with Crippen LogP contribution in [0, 0.1) is 86.9 Å². The van der Waals surface area contributed by atoms with Crippen LogP contribution in [0.5, 0.6) is 0 Å². The third-order valence-electron chi connectivity index (χ3n) is 16.8. The smallest absolute Gasteiger partial charge is 0.0991 e. The number of nitrogens with zero attached hydrogens (tertiary/aromatic N) is 4. The van der Waals surface area contributed by atoms with Gasteiger partial charge < -0.3 is 0 Å². The fraction of sp³-hybridized carbons (Fsp3) is 0.0833. The fourth-order valence-electron chi connectivity index (χ4n) is 13.7. The summed E-state index contributed by atoms with van der Waals surface area (Å²) in [5.41, 5.74) is 27.3. The van der Waals surface area contributed by atoms with Crippen LogP contribution in [0.4, 0.5) is 0 Å². The van der Waals surface area contributed by atoms with E-state index in [0.717, 1.165) is 132 Å². The molecule has 0 amide bonds. The first-order valence-corrected chi connectivity index (χ1v) is 25.7. The molecule has 2 aliphatic carbocycles. The van der Waals surface area contributed by atoms with Crippen LogP contribution >= 0.6 is 0 Å². The molecule has 12 aromatic rings. The van der Waals surface area contributed by atoms with Crippen molar-refractivity contribution in [2.24, 2.45) is 0 Å². The van der Waals surface area contributed by atoms with E-state index < -0.39 is 0 Å². The molecule has 0 fully saturated rings. The molecule has 14 rings (SSSR count). The molecule has 4 nitrogen and oxygen atoms in total. The third-order valence-corrected chi connectivity index (χ3v) is 16.8. The minimum Gasteiger partial charge on any atom is -0.192 e. The minimum absolute atomic E-state index is 0.614. The highest BCUT2D eigenvalue weighted by molar-refractivity contribution is 6.31. The number of aryl methyl sites for hydroxylation is 6. The van der Waals surface area contributed by atoms with Gasteiger partial charge in [-0.2, -0.15) is 21.0 Å². The molecule has 352 valence electrons. The second kappa shape index (κ2) is 16.2. The van der Waals surface area contributed by atoms with Crippen molar-refractivity contribution in [3.63, 3.8) is 0 Å². The van der Waals surface area contributed by atoms with E-state index in [4.69, 9.17) is 0 Å². The van der Waals surface area contributed by atoms with E-state index in [2.05, 4.69) is 187 Å². The van der Waals surface area contributed by atoms with E-state index in [1.165, 1.54) is 44.2 Å². The molecule has 0 aromatic heterocycles. The zero-order valence-corrected chi connectivity index (χ0v) is 42.8. The van der Waals surface area contributed by atoms with Gasteiger partial charge in [-0.25, -0.2) is 0 Å². The van der Waals surface area contributed by atoms with Gasteiger partial charge in [0.1, 0.15) is 0 Å². The first-order valence-electron chi connectivity index (χ1n) is 25.7. The molecule has 12 aromatic carbocycles. The van der Waals surface area contributed by atoms with Gasteiger partial charge in [0.15, 0.2) is 0 Å². The number of benzene rings is 12. The summed E-state index contributed by atoms with van der Waals surface area (Å²) >= 11 is 0. The van der Waals surface area contributed by atoms with Crippen LogP contribution in [0.3, 0.4) is 0 Å². The Morgan fingerprint density at radius 2 is 0.592 bits per heavy atom. The largest absolute Gasteiger partial charge is 0.192 e. The molecule has 0 unspecified atom stereocenters. The van der Waals surface area contributed by atoms with Crippen LogP contribution in [0.25, 0.3) is 143 Å². The normalized spacial score (nSPS) is 11.8. The molecule has 0 radical (unpaired) electrons. The topological polar surface area (TPSA) is 95.2 Å². The van der Waals surface area contributed by atoms with Gasteiger partial charge in [0.05, 0.1) is 46.5 Å². The maximum absolute atomic E-state index is 10.4. The Morgan fingerprint density at radius 3 is 0.974 bits per heavy atom. The zero-order valence-electron chi connectivity index (χ0n) is 42.8. The predicted molar refractivity (Wildman–Crippen MR) is 312 cm³/mol. The average Bonchev–Trinajstić information content (AvgIpc) is 4.17. The molecule has 76 heavy (non-hydrogen) atoms. The first-order chi connectivity index (χ1) is 37.0. The van der Waals surface area contributed by atoms with Crippen molar-refractivity contribution in [1.82, 2.24) is 0 Å². The number of fused-ring (bicyclic) bond motifs is 11. The number of hydrogen-bond donors (Lipinski definition) is 0. The van der Waals surface area contributed by atoms with E-state index in [0.29, 0.717) is 22.3 Å². The van der Waals surface area contributed by atoms with Crippen LogP contribution in [0.2, 0.25) is 0 Å². The zero-order chi connectivity index (χ0) is 52.0. The molecule has 0 saturated carbocycles. The molecular weight excluding hydrogens is 921 g/mol. The van der Waals surface area contributed by atoms with E-state index in [-0.39, 0.29) is 0 Å². The lowest BCUT2D eigenvalue weighted by atomic mass is 9.82. The molecule has 0 heterocycles. The molecule has 0 aliphatic heterocycles. The summed E-state index contributed by atoms with van der Waals surface area (Å²) < 4.78 is 0. The molecule has 0 saturated heterocycles. The molecule has 0 N–H and O–H groups in total. The summed E-state index contributed by atoms with van der Waals surface area (Å²) in [5.74, 6) is 0. The van der Waals surface area contributed by atoms with Crippen LogP contribution in [-0.4, -0.2) is 0 Å². The number of nitriles is 4. The second-order valence-electron chi connectivity index (χ2n) is 21.0. The van der Waals surface area contributed by atoms with Gasteiger partial charge in [-0.15, -0.1) is 0 Å². The lowest BCUT2D eigenvalue weighted by Crippen LogP contribution is -1.95. The quantitative estimate of drug-likeness (QED) is 0.164. The molecule has 0 spiro atoms. The van der Waals surface area contributed by atoms with Crippen molar-refractivity contribution < 1.29 is 0 Å². The summed E-state index contributed by atoms with van der Waals surface area (Å²) in [4.78, 5) is 0. The monoisotopic (exact) mass is 964 g/mol. The van der Waals surface area contributed by atoms with Crippen LogP contribution in [0.15, 0.2) is 158 Å².